The van der Waals surface area contributed by atoms with E-state index in [4.69, 9.17) is 15.2 Å². The maximum Gasteiger partial charge on any atom is 0.218 e. The van der Waals surface area contributed by atoms with Crippen molar-refractivity contribution in [1.82, 2.24) is 9.97 Å². The number of anilines is 1. The first-order valence-electron chi connectivity index (χ1n) is 6.46. The van der Waals surface area contributed by atoms with Crippen molar-refractivity contribution in [2.75, 3.05) is 31.6 Å². The van der Waals surface area contributed by atoms with E-state index in [0.717, 1.165) is 18.9 Å². The monoisotopic (exact) mass is 266 g/mol. The largest absolute Gasteiger partial charge is 0.481 e. The van der Waals surface area contributed by atoms with Gasteiger partial charge in [0, 0.05) is 25.7 Å². The van der Waals surface area contributed by atoms with E-state index in [0.29, 0.717) is 18.2 Å². The topological polar surface area (TPSA) is 73.5 Å². The fraction of sp³-hybridized carbons (Fsp3) is 0.692. The number of hydrogen-bond donors (Lipinski definition) is 1. The fourth-order valence-corrected chi connectivity index (χ4v) is 2.38. The SMILES string of the molecule is COc1cc(N2CC(CN)OC(C)(C)C2)nc(C)n1. The van der Waals surface area contributed by atoms with E-state index in [-0.39, 0.29) is 11.7 Å². The Kier molecular flexibility index (Phi) is 3.91. The summed E-state index contributed by atoms with van der Waals surface area (Å²) in [7, 11) is 1.61. The molecule has 6 heteroatoms. The molecule has 1 aromatic heterocycles. The molecule has 0 aliphatic carbocycles. The fourth-order valence-electron chi connectivity index (χ4n) is 2.38. The third-order valence-corrected chi connectivity index (χ3v) is 3.08. The number of morpholine rings is 1. The van der Waals surface area contributed by atoms with Crippen LogP contribution in [0, 0.1) is 6.92 Å². The first-order chi connectivity index (χ1) is 8.93. The summed E-state index contributed by atoms with van der Waals surface area (Å²) in [4.78, 5) is 10.9. The number of aromatic nitrogens is 2. The summed E-state index contributed by atoms with van der Waals surface area (Å²) in [6.07, 6.45) is 0.0185. The minimum atomic E-state index is -0.242. The third kappa shape index (κ3) is 3.33. The van der Waals surface area contributed by atoms with Crippen molar-refractivity contribution < 1.29 is 9.47 Å². The Labute approximate surface area is 113 Å². The number of aryl methyl sites for hydroxylation is 1. The Morgan fingerprint density at radius 1 is 1.53 bits per heavy atom. The Morgan fingerprint density at radius 3 is 2.89 bits per heavy atom. The van der Waals surface area contributed by atoms with Crippen LogP contribution in [-0.4, -0.2) is 48.4 Å². The number of hydrogen-bond acceptors (Lipinski definition) is 6. The van der Waals surface area contributed by atoms with E-state index < -0.39 is 0 Å². The quantitative estimate of drug-likeness (QED) is 0.869. The van der Waals surface area contributed by atoms with Crippen LogP contribution in [-0.2, 0) is 4.74 Å². The van der Waals surface area contributed by atoms with Crippen molar-refractivity contribution in [1.29, 1.82) is 0 Å². The van der Waals surface area contributed by atoms with Crippen LogP contribution in [0.2, 0.25) is 0 Å². The lowest BCUT2D eigenvalue weighted by Gasteiger charge is -2.43. The summed E-state index contributed by atoms with van der Waals surface area (Å²) in [5, 5.41) is 0. The van der Waals surface area contributed by atoms with Gasteiger partial charge in [0.1, 0.15) is 11.6 Å². The molecular weight excluding hydrogens is 244 g/mol. The normalized spacial score (nSPS) is 22.4. The Bertz CT molecular complexity index is 450. The van der Waals surface area contributed by atoms with Gasteiger partial charge in [-0.05, 0) is 20.8 Å². The Hall–Kier alpha value is -1.40. The zero-order valence-corrected chi connectivity index (χ0v) is 12.0. The van der Waals surface area contributed by atoms with E-state index in [1.807, 2.05) is 13.0 Å². The maximum absolute atomic E-state index is 5.92. The minimum Gasteiger partial charge on any atom is -0.481 e. The molecule has 1 aromatic rings. The average Bonchev–Trinajstić information content (AvgIpc) is 2.36. The van der Waals surface area contributed by atoms with Crippen molar-refractivity contribution in [3.8, 4) is 5.88 Å². The number of ether oxygens (including phenoxy) is 2. The van der Waals surface area contributed by atoms with E-state index >= 15 is 0 Å². The number of nitrogens with zero attached hydrogens (tertiary/aromatic N) is 3. The average molecular weight is 266 g/mol. The second-order valence-electron chi connectivity index (χ2n) is 5.43. The van der Waals surface area contributed by atoms with Crippen LogP contribution < -0.4 is 15.4 Å². The lowest BCUT2D eigenvalue weighted by Crippen LogP contribution is -2.55. The van der Waals surface area contributed by atoms with Crippen LogP contribution in [0.15, 0.2) is 6.07 Å². The van der Waals surface area contributed by atoms with Crippen molar-refractivity contribution >= 4 is 5.82 Å². The van der Waals surface area contributed by atoms with E-state index in [1.165, 1.54) is 0 Å². The van der Waals surface area contributed by atoms with Gasteiger partial charge in [-0.15, -0.1) is 0 Å². The summed E-state index contributed by atoms with van der Waals surface area (Å²) in [5.74, 6) is 2.14. The molecule has 2 N–H and O–H groups in total. The summed E-state index contributed by atoms with van der Waals surface area (Å²) >= 11 is 0. The molecule has 0 spiro atoms. The van der Waals surface area contributed by atoms with Crippen LogP contribution >= 0.6 is 0 Å². The number of nitrogens with two attached hydrogens (primary N) is 1. The summed E-state index contributed by atoms with van der Waals surface area (Å²) in [6, 6.07) is 1.85. The molecule has 0 saturated carbocycles. The van der Waals surface area contributed by atoms with Crippen molar-refractivity contribution in [3.63, 3.8) is 0 Å². The highest BCUT2D eigenvalue weighted by atomic mass is 16.5. The lowest BCUT2D eigenvalue weighted by molar-refractivity contribution is -0.0790. The van der Waals surface area contributed by atoms with Crippen molar-refractivity contribution in [2.45, 2.75) is 32.5 Å². The van der Waals surface area contributed by atoms with Crippen molar-refractivity contribution in [3.05, 3.63) is 11.9 Å². The van der Waals surface area contributed by atoms with Gasteiger partial charge in [0.2, 0.25) is 5.88 Å². The second-order valence-corrected chi connectivity index (χ2v) is 5.43. The molecule has 0 aromatic carbocycles. The molecule has 2 rings (SSSR count). The highest BCUT2D eigenvalue weighted by Crippen LogP contribution is 2.26. The molecule has 2 heterocycles. The third-order valence-electron chi connectivity index (χ3n) is 3.08. The van der Waals surface area contributed by atoms with E-state index in [9.17, 15) is 0 Å². The number of rotatable bonds is 3. The van der Waals surface area contributed by atoms with Gasteiger partial charge in [-0.2, -0.15) is 4.98 Å². The smallest absolute Gasteiger partial charge is 0.218 e. The highest BCUT2D eigenvalue weighted by Gasteiger charge is 2.33. The highest BCUT2D eigenvalue weighted by molar-refractivity contribution is 5.43. The second kappa shape index (κ2) is 5.30. The van der Waals surface area contributed by atoms with Crippen LogP contribution in [0.3, 0.4) is 0 Å². The van der Waals surface area contributed by atoms with Gasteiger partial charge in [0.15, 0.2) is 0 Å². The first-order valence-corrected chi connectivity index (χ1v) is 6.46. The predicted molar refractivity (Wildman–Crippen MR) is 73.5 cm³/mol. The zero-order valence-electron chi connectivity index (χ0n) is 12.0. The van der Waals surface area contributed by atoms with Gasteiger partial charge < -0.3 is 20.1 Å². The number of methoxy groups -OCH3 is 1. The molecule has 1 atom stereocenters. The molecule has 106 valence electrons. The maximum atomic E-state index is 5.92. The molecule has 1 aliphatic rings. The van der Waals surface area contributed by atoms with Gasteiger partial charge in [-0.25, -0.2) is 4.98 Å². The van der Waals surface area contributed by atoms with Crippen molar-refractivity contribution in [2.24, 2.45) is 5.73 Å². The molecule has 19 heavy (non-hydrogen) atoms. The molecule has 0 amide bonds. The zero-order chi connectivity index (χ0) is 14.0. The van der Waals surface area contributed by atoms with Crippen LogP contribution in [0.4, 0.5) is 5.82 Å². The standard InChI is InChI=1S/C13H22N4O2/c1-9-15-11(5-12(16-9)18-4)17-7-10(6-14)19-13(2,3)8-17/h5,10H,6-8,14H2,1-4H3. The van der Waals surface area contributed by atoms with E-state index in [2.05, 4.69) is 28.7 Å². The molecule has 1 fully saturated rings. The van der Waals surface area contributed by atoms with Crippen LogP contribution in [0.5, 0.6) is 5.88 Å². The van der Waals surface area contributed by atoms with Crippen LogP contribution in [0.25, 0.3) is 0 Å². The first kappa shape index (κ1) is 14.0. The summed E-state index contributed by atoms with van der Waals surface area (Å²) in [5.41, 5.74) is 5.50. The minimum absolute atomic E-state index is 0.0185. The van der Waals surface area contributed by atoms with Gasteiger partial charge >= 0.3 is 0 Å². The van der Waals surface area contributed by atoms with Gasteiger partial charge in [-0.3, -0.25) is 0 Å². The van der Waals surface area contributed by atoms with Gasteiger partial charge in [-0.1, -0.05) is 0 Å². The Balaban J connectivity index is 2.27. The van der Waals surface area contributed by atoms with Gasteiger partial charge in [0.05, 0.1) is 18.8 Å². The van der Waals surface area contributed by atoms with Crippen LogP contribution in [0.1, 0.15) is 19.7 Å². The van der Waals surface area contributed by atoms with Gasteiger partial charge in [0.25, 0.3) is 0 Å². The Morgan fingerprint density at radius 2 is 2.26 bits per heavy atom. The molecule has 6 nitrogen and oxygen atoms in total. The molecule has 1 unspecified atom stereocenters. The molecule has 1 aliphatic heterocycles. The molecular formula is C13H22N4O2. The molecule has 1 saturated heterocycles. The van der Waals surface area contributed by atoms with E-state index in [1.54, 1.807) is 7.11 Å². The lowest BCUT2D eigenvalue weighted by atomic mass is 10.1. The predicted octanol–water partition coefficient (Wildman–Crippen LogP) is 0.736. The molecule has 0 radical (unpaired) electrons. The summed E-state index contributed by atoms with van der Waals surface area (Å²) in [6.45, 7) is 7.99. The summed E-state index contributed by atoms with van der Waals surface area (Å²) < 4.78 is 11.1. The molecule has 0 bridgehead atoms.